The van der Waals surface area contributed by atoms with E-state index in [1.54, 1.807) is 53.1 Å². The number of rotatable bonds is 5. The van der Waals surface area contributed by atoms with Crippen LogP contribution in [0, 0.1) is 0 Å². The van der Waals surface area contributed by atoms with Crippen LogP contribution in [0.1, 0.15) is 22.2 Å². The highest BCUT2D eigenvalue weighted by Crippen LogP contribution is 2.39. The Kier molecular flexibility index (Phi) is 7.45. The Morgan fingerprint density at radius 2 is 1.85 bits per heavy atom. The first-order chi connectivity index (χ1) is 16.2. The number of urea groups is 1. The molecule has 1 aliphatic rings. The van der Waals surface area contributed by atoms with Crippen molar-refractivity contribution in [2.45, 2.75) is 18.2 Å². The van der Waals surface area contributed by atoms with Gasteiger partial charge in [0.25, 0.3) is 0 Å². The lowest BCUT2D eigenvalue weighted by molar-refractivity contribution is -0.137. The Labute approximate surface area is 208 Å². The largest absolute Gasteiger partial charge is 0.487 e. The summed E-state index contributed by atoms with van der Waals surface area (Å²) in [7, 11) is 0. The number of nitrogens with one attached hydrogen (secondary N) is 1. The predicted molar refractivity (Wildman–Crippen MR) is 127 cm³/mol. The molecular formula is C23H18Cl2F3N3O2S. The van der Waals surface area contributed by atoms with Gasteiger partial charge in [-0.15, -0.1) is 11.8 Å². The number of pyridine rings is 1. The van der Waals surface area contributed by atoms with Crippen LogP contribution in [-0.4, -0.2) is 28.2 Å². The molecule has 1 atom stereocenters. The van der Waals surface area contributed by atoms with Gasteiger partial charge < -0.3 is 15.0 Å². The Balaban J connectivity index is 1.38. The zero-order valence-electron chi connectivity index (χ0n) is 17.5. The van der Waals surface area contributed by atoms with Crippen LogP contribution in [0.2, 0.25) is 10.0 Å². The molecule has 0 unspecified atom stereocenters. The molecule has 0 spiro atoms. The lowest BCUT2D eigenvalue weighted by Gasteiger charge is -2.24. The number of anilines is 1. The smallest absolute Gasteiger partial charge is 0.417 e. The number of hydrogen-bond acceptors (Lipinski definition) is 4. The molecule has 34 heavy (non-hydrogen) atoms. The Bertz CT molecular complexity index is 1160. The first-order valence-electron chi connectivity index (χ1n) is 10.1. The molecule has 0 bridgehead atoms. The molecule has 3 aromatic rings. The second-order valence-corrected chi connectivity index (χ2v) is 9.39. The van der Waals surface area contributed by atoms with Gasteiger partial charge in [0.05, 0.1) is 16.3 Å². The van der Waals surface area contributed by atoms with E-state index in [2.05, 4.69) is 10.3 Å². The van der Waals surface area contributed by atoms with Gasteiger partial charge in [0.1, 0.15) is 17.7 Å². The SMILES string of the molecule is O=C(Nc1ccc(Cl)cc1)N1CCS[C@H]1c1ccc(OCc2ncc(C(F)(F)F)cc2Cl)cc1. The number of hydrogen-bond donors (Lipinski definition) is 1. The maximum atomic E-state index is 12.8. The van der Waals surface area contributed by atoms with Crippen molar-refractivity contribution in [3.8, 4) is 5.75 Å². The maximum absolute atomic E-state index is 12.8. The minimum Gasteiger partial charge on any atom is -0.487 e. The molecule has 1 saturated heterocycles. The molecule has 1 N–H and O–H groups in total. The van der Waals surface area contributed by atoms with Crippen LogP contribution < -0.4 is 10.1 Å². The fourth-order valence-electron chi connectivity index (χ4n) is 3.29. The lowest BCUT2D eigenvalue weighted by Crippen LogP contribution is -2.34. The minimum atomic E-state index is -4.51. The number of benzene rings is 2. The fourth-order valence-corrected chi connectivity index (χ4v) is 4.89. The second-order valence-electron chi connectivity index (χ2n) is 7.36. The van der Waals surface area contributed by atoms with Gasteiger partial charge in [-0.3, -0.25) is 4.98 Å². The second kappa shape index (κ2) is 10.3. The van der Waals surface area contributed by atoms with E-state index >= 15 is 0 Å². The predicted octanol–water partition coefficient (Wildman–Crippen LogP) is 7.27. The summed E-state index contributed by atoms with van der Waals surface area (Å²) in [5.41, 5.74) is 0.871. The number of halogens is 5. The van der Waals surface area contributed by atoms with E-state index in [4.69, 9.17) is 27.9 Å². The number of carbonyl (C=O) groups excluding carboxylic acids is 1. The number of thioether (sulfide) groups is 1. The summed E-state index contributed by atoms with van der Waals surface area (Å²) in [6.45, 7) is 0.523. The number of aromatic nitrogens is 1. The van der Waals surface area contributed by atoms with Crippen molar-refractivity contribution < 1.29 is 22.7 Å². The summed E-state index contributed by atoms with van der Waals surface area (Å²) in [5, 5.41) is 3.19. The standard InChI is InChI=1S/C23H18Cl2F3N3O2S/c24-16-3-5-17(6-4-16)30-22(32)31-9-10-34-21(31)14-1-7-18(8-2-14)33-13-20-19(25)11-15(12-29-20)23(26,27)28/h1-8,11-12,21H,9-10,13H2,(H,30,32)/t21-/m0/s1. The van der Waals surface area contributed by atoms with E-state index < -0.39 is 11.7 Å². The third-order valence-electron chi connectivity index (χ3n) is 5.03. The molecule has 0 saturated carbocycles. The number of carbonyl (C=O) groups is 1. The van der Waals surface area contributed by atoms with Crippen LogP contribution in [0.3, 0.4) is 0 Å². The normalized spacial score (nSPS) is 15.9. The van der Waals surface area contributed by atoms with Gasteiger partial charge >= 0.3 is 12.2 Å². The van der Waals surface area contributed by atoms with E-state index in [0.29, 0.717) is 23.0 Å². The summed E-state index contributed by atoms with van der Waals surface area (Å²) < 4.78 is 43.9. The van der Waals surface area contributed by atoms with Crippen LogP contribution in [0.25, 0.3) is 0 Å². The first kappa shape index (κ1) is 24.5. The van der Waals surface area contributed by atoms with Gasteiger partial charge in [-0.05, 0) is 48.0 Å². The molecule has 0 aliphatic carbocycles. The van der Waals surface area contributed by atoms with E-state index in [1.807, 2.05) is 12.1 Å². The summed E-state index contributed by atoms with van der Waals surface area (Å²) in [6.07, 6.45) is -3.78. The van der Waals surface area contributed by atoms with Crippen LogP contribution in [0.4, 0.5) is 23.7 Å². The van der Waals surface area contributed by atoms with E-state index in [-0.39, 0.29) is 28.7 Å². The number of nitrogens with zero attached hydrogens (tertiary/aromatic N) is 2. The number of amides is 2. The van der Waals surface area contributed by atoms with E-state index in [9.17, 15) is 18.0 Å². The van der Waals surface area contributed by atoms with Gasteiger partial charge in [-0.25, -0.2) is 4.79 Å². The number of ether oxygens (including phenoxy) is 1. The Hall–Kier alpha value is -2.62. The van der Waals surface area contributed by atoms with Gasteiger partial charge in [0.2, 0.25) is 0 Å². The molecule has 5 nitrogen and oxygen atoms in total. The molecule has 0 radical (unpaired) electrons. The molecule has 4 rings (SSSR count). The van der Waals surface area contributed by atoms with Gasteiger partial charge in [-0.1, -0.05) is 35.3 Å². The highest BCUT2D eigenvalue weighted by atomic mass is 35.5. The topological polar surface area (TPSA) is 54.5 Å². The van der Waals surface area contributed by atoms with Crippen molar-refractivity contribution in [3.05, 3.63) is 87.7 Å². The van der Waals surface area contributed by atoms with Crippen LogP contribution in [-0.2, 0) is 12.8 Å². The maximum Gasteiger partial charge on any atom is 0.417 e. The molecule has 178 valence electrons. The van der Waals surface area contributed by atoms with Crippen molar-refractivity contribution >= 4 is 46.7 Å². The highest BCUT2D eigenvalue weighted by molar-refractivity contribution is 7.99. The van der Waals surface area contributed by atoms with Crippen molar-refractivity contribution in [3.63, 3.8) is 0 Å². The van der Waals surface area contributed by atoms with Gasteiger partial charge in [-0.2, -0.15) is 13.2 Å². The fraction of sp³-hybridized carbons (Fsp3) is 0.217. The average Bonchev–Trinajstić information content (AvgIpc) is 3.30. The molecule has 2 amide bonds. The number of alkyl halides is 3. The van der Waals surface area contributed by atoms with Crippen molar-refractivity contribution in [1.82, 2.24) is 9.88 Å². The molecule has 2 heterocycles. The van der Waals surface area contributed by atoms with E-state index in [1.165, 1.54) is 0 Å². The zero-order valence-corrected chi connectivity index (χ0v) is 19.8. The average molecular weight is 528 g/mol. The molecule has 11 heteroatoms. The van der Waals surface area contributed by atoms with Crippen LogP contribution in [0.15, 0.2) is 60.8 Å². The van der Waals surface area contributed by atoms with Crippen molar-refractivity contribution in [2.75, 3.05) is 17.6 Å². The Morgan fingerprint density at radius 1 is 1.15 bits per heavy atom. The summed E-state index contributed by atoms with van der Waals surface area (Å²) >= 11 is 13.5. The molecule has 1 fully saturated rings. The molecular weight excluding hydrogens is 510 g/mol. The quantitative estimate of drug-likeness (QED) is 0.379. The van der Waals surface area contributed by atoms with Crippen molar-refractivity contribution in [2.24, 2.45) is 0 Å². The summed E-state index contributed by atoms with van der Waals surface area (Å²) in [5.74, 6) is 1.30. The van der Waals surface area contributed by atoms with Gasteiger partial charge in [0, 0.05) is 29.2 Å². The summed E-state index contributed by atoms with van der Waals surface area (Å²) in [6, 6.07) is 14.7. The van der Waals surface area contributed by atoms with Gasteiger partial charge in [0.15, 0.2) is 0 Å². The lowest BCUT2D eigenvalue weighted by atomic mass is 10.2. The monoisotopic (exact) mass is 527 g/mol. The molecule has 2 aromatic carbocycles. The molecule has 1 aromatic heterocycles. The first-order valence-corrected chi connectivity index (χ1v) is 11.9. The molecule has 1 aliphatic heterocycles. The zero-order chi connectivity index (χ0) is 24.3. The minimum absolute atomic E-state index is 0.0792. The van der Waals surface area contributed by atoms with Crippen molar-refractivity contribution in [1.29, 1.82) is 0 Å². The van der Waals surface area contributed by atoms with E-state index in [0.717, 1.165) is 23.6 Å². The summed E-state index contributed by atoms with van der Waals surface area (Å²) in [4.78, 5) is 18.3. The van der Waals surface area contributed by atoms with Crippen LogP contribution >= 0.6 is 35.0 Å². The van der Waals surface area contributed by atoms with Crippen LogP contribution in [0.5, 0.6) is 5.75 Å². The third-order valence-corrected chi connectivity index (χ3v) is 6.87. The Morgan fingerprint density at radius 3 is 2.50 bits per heavy atom. The third kappa shape index (κ3) is 5.89. The highest BCUT2D eigenvalue weighted by Gasteiger charge is 2.32.